The normalized spacial score (nSPS) is 10.5. The molecule has 0 saturated carbocycles. The van der Waals surface area contributed by atoms with Crippen LogP contribution < -0.4 is 0 Å². The Bertz CT molecular complexity index is 511. The van der Waals surface area contributed by atoms with Gasteiger partial charge in [-0.3, -0.25) is 0 Å². The molecule has 0 atom stereocenters. The van der Waals surface area contributed by atoms with E-state index in [1.54, 1.807) is 17.8 Å². The molecule has 0 bridgehead atoms. The Morgan fingerprint density at radius 3 is 2.65 bits per heavy atom. The van der Waals surface area contributed by atoms with Gasteiger partial charge in [-0.1, -0.05) is 35.3 Å². The van der Waals surface area contributed by atoms with Crippen molar-refractivity contribution >= 4 is 35.0 Å². The standard InChI is InChI=1S/C12H10Cl2N2S/c1-8-6-11(14)16-12(15-8)7-17-10-5-3-2-4-9(10)13/h2-6H,7H2,1H3. The topological polar surface area (TPSA) is 25.8 Å². The van der Waals surface area contributed by atoms with Gasteiger partial charge in [0, 0.05) is 10.6 Å². The molecule has 0 spiro atoms. The molecule has 5 heteroatoms. The van der Waals surface area contributed by atoms with Gasteiger partial charge in [0.1, 0.15) is 11.0 Å². The molecule has 0 fully saturated rings. The quantitative estimate of drug-likeness (QED) is 0.618. The molecule has 1 aromatic heterocycles. The van der Waals surface area contributed by atoms with E-state index < -0.39 is 0 Å². The first kappa shape index (κ1) is 12.7. The highest BCUT2D eigenvalue weighted by Gasteiger charge is 2.04. The fraction of sp³-hybridized carbons (Fsp3) is 0.167. The Morgan fingerprint density at radius 2 is 1.94 bits per heavy atom. The van der Waals surface area contributed by atoms with Crippen molar-refractivity contribution in [3.05, 3.63) is 52.0 Å². The molecule has 88 valence electrons. The maximum absolute atomic E-state index is 6.07. The molecule has 2 aromatic rings. The van der Waals surface area contributed by atoms with Gasteiger partial charge in [-0.2, -0.15) is 0 Å². The molecule has 0 aliphatic carbocycles. The Kier molecular flexibility index (Phi) is 4.26. The number of aromatic nitrogens is 2. The molecule has 0 unspecified atom stereocenters. The molecule has 0 amide bonds. The molecule has 0 saturated heterocycles. The second-order valence-corrected chi connectivity index (χ2v) is 5.28. The lowest BCUT2D eigenvalue weighted by Crippen LogP contribution is -1.95. The summed E-state index contributed by atoms with van der Waals surface area (Å²) in [6.45, 7) is 1.90. The van der Waals surface area contributed by atoms with Crippen molar-refractivity contribution in [1.29, 1.82) is 0 Å². The van der Waals surface area contributed by atoms with Crippen LogP contribution in [0.1, 0.15) is 11.5 Å². The van der Waals surface area contributed by atoms with Crippen LogP contribution in [0.3, 0.4) is 0 Å². The summed E-state index contributed by atoms with van der Waals surface area (Å²) in [6, 6.07) is 9.45. The molecule has 2 rings (SSSR count). The van der Waals surface area contributed by atoms with Gasteiger partial charge >= 0.3 is 0 Å². The summed E-state index contributed by atoms with van der Waals surface area (Å²) in [5.74, 6) is 1.38. The van der Waals surface area contributed by atoms with E-state index in [1.165, 1.54) is 0 Å². The molecule has 0 radical (unpaired) electrons. The summed E-state index contributed by atoms with van der Waals surface area (Å²) < 4.78 is 0. The van der Waals surface area contributed by atoms with Crippen molar-refractivity contribution in [2.45, 2.75) is 17.6 Å². The van der Waals surface area contributed by atoms with E-state index in [-0.39, 0.29) is 0 Å². The predicted molar refractivity (Wildman–Crippen MR) is 72.8 cm³/mol. The lowest BCUT2D eigenvalue weighted by atomic mass is 10.4. The third-order valence-electron chi connectivity index (χ3n) is 2.06. The van der Waals surface area contributed by atoms with E-state index in [0.29, 0.717) is 10.9 Å². The number of nitrogens with zero attached hydrogens (tertiary/aromatic N) is 2. The zero-order valence-electron chi connectivity index (χ0n) is 9.15. The molecule has 1 heterocycles. The van der Waals surface area contributed by atoms with E-state index in [4.69, 9.17) is 23.2 Å². The van der Waals surface area contributed by atoms with Gasteiger partial charge in [0.05, 0.1) is 10.8 Å². The van der Waals surface area contributed by atoms with Crippen LogP contribution in [0, 0.1) is 6.92 Å². The number of hydrogen-bond donors (Lipinski definition) is 0. The predicted octanol–water partition coefficient (Wildman–Crippen LogP) is 4.38. The number of benzene rings is 1. The van der Waals surface area contributed by atoms with Gasteiger partial charge in [0.25, 0.3) is 0 Å². The highest BCUT2D eigenvalue weighted by Crippen LogP contribution is 2.28. The van der Waals surface area contributed by atoms with Crippen LogP contribution in [0.2, 0.25) is 10.2 Å². The summed E-state index contributed by atoms with van der Waals surface area (Å²) in [4.78, 5) is 9.51. The van der Waals surface area contributed by atoms with Crippen molar-refractivity contribution < 1.29 is 0 Å². The van der Waals surface area contributed by atoms with Crippen LogP contribution in [0.5, 0.6) is 0 Å². The van der Waals surface area contributed by atoms with Crippen molar-refractivity contribution in [3.63, 3.8) is 0 Å². The van der Waals surface area contributed by atoms with Crippen LogP contribution in [0.4, 0.5) is 0 Å². The molecule has 17 heavy (non-hydrogen) atoms. The van der Waals surface area contributed by atoms with E-state index in [0.717, 1.165) is 21.4 Å². The van der Waals surface area contributed by atoms with Crippen molar-refractivity contribution in [2.75, 3.05) is 0 Å². The molecule has 0 N–H and O–H groups in total. The van der Waals surface area contributed by atoms with Gasteiger partial charge < -0.3 is 0 Å². The van der Waals surface area contributed by atoms with Crippen LogP contribution in [0.25, 0.3) is 0 Å². The SMILES string of the molecule is Cc1cc(Cl)nc(CSc2ccccc2Cl)n1. The van der Waals surface area contributed by atoms with Crippen molar-refractivity contribution in [1.82, 2.24) is 9.97 Å². The summed E-state index contributed by atoms with van der Waals surface area (Å²) in [5, 5.41) is 1.23. The molecular formula is C12H10Cl2N2S. The summed E-state index contributed by atoms with van der Waals surface area (Å²) >= 11 is 13.5. The maximum atomic E-state index is 6.07. The molecule has 2 nitrogen and oxygen atoms in total. The van der Waals surface area contributed by atoms with Crippen LogP contribution in [-0.2, 0) is 5.75 Å². The zero-order valence-corrected chi connectivity index (χ0v) is 11.5. The second kappa shape index (κ2) is 5.71. The molecule has 1 aromatic carbocycles. The average Bonchev–Trinajstić information content (AvgIpc) is 2.27. The summed E-state index contributed by atoms with van der Waals surface area (Å²) in [6.07, 6.45) is 0. The molecule has 0 aliphatic heterocycles. The maximum Gasteiger partial charge on any atom is 0.140 e. The number of thioether (sulfide) groups is 1. The van der Waals surface area contributed by atoms with E-state index in [1.807, 2.05) is 31.2 Å². The van der Waals surface area contributed by atoms with Gasteiger partial charge in [-0.25, -0.2) is 9.97 Å². The van der Waals surface area contributed by atoms with Crippen molar-refractivity contribution in [2.24, 2.45) is 0 Å². The highest BCUT2D eigenvalue weighted by atomic mass is 35.5. The summed E-state index contributed by atoms with van der Waals surface area (Å²) in [5.41, 5.74) is 0.875. The van der Waals surface area contributed by atoms with Crippen LogP contribution >= 0.6 is 35.0 Å². The van der Waals surface area contributed by atoms with E-state index in [9.17, 15) is 0 Å². The highest BCUT2D eigenvalue weighted by molar-refractivity contribution is 7.98. The number of halogens is 2. The number of rotatable bonds is 3. The van der Waals surface area contributed by atoms with Crippen LogP contribution in [0.15, 0.2) is 35.2 Å². The Hall–Kier alpha value is -0.770. The van der Waals surface area contributed by atoms with Crippen LogP contribution in [-0.4, -0.2) is 9.97 Å². The Morgan fingerprint density at radius 1 is 1.18 bits per heavy atom. The second-order valence-electron chi connectivity index (χ2n) is 3.47. The van der Waals surface area contributed by atoms with E-state index in [2.05, 4.69) is 9.97 Å². The monoisotopic (exact) mass is 284 g/mol. The number of hydrogen-bond acceptors (Lipinski definition) is 3. The lowest BCUT2D eigenvalue weighted by molar-refractivity contribution is 0.996. The Labute approximate surface area is 114 Å². The fourth-order valence-corrected chi connectivity index (χ4v) is 2.71. The van der Waals surface area contributed by atoms with Crippen molar-refractivity contribution in [3.8, 4) is 0 Å². The van der Waals surface area contributed by atoms with Gasteiger partial charge in [0.2, 0.25) is 0 Å². The minimum Gasteiger partial charge on any atom is -0.237 e. The first-order valence-electron chi connectivity index (χ1n) is 5.02. The fourth-order valence-electron chi connectivity index (χ4n) is 1.36. The average molecular weight is 285 g/mol. The first-order chi connectivity index (χ1) is 8.15. The van der Waals surface area contributed by atoms with Gasteiger partial charge in [-0.05, 0) is 25.1 Å². The first-order valence-corrected chi connectivity index (χ1v) is 6.76. The Balaban J connectivity index is 2.10. The van der Waals surface area contributed by atoms with E-state index >= 15 is 0 Å². The minimum absolute atomic E-state index is 0.479. The van der Waals surface area contributed by atoms with Gasteiger partial charge in [0.15, 0.2) is 0 Å². The minimum atomic E-state index is 0.479. The summed E-state index contributed by atoms with van der Waals surface area (Å²) in [7, 11) is 0. The third kappa shape index (κ3) is 3.60. The smallest absolute Gasteiger partial charge is 0.140 e. The number of aryl methyl sites for hydroxylation is 1. The largest absolute Gasteiger partial charge is 0.237 e. The zero-order chi connectivity index (χ0) is 12.3. The molecule has 0 aliphatic rings. The lowest BCUT2D eigenvalue weighted by Gasteiger charge is -2.04. The van der Waals surface area contributed by atoms with Gasteiger partial charge in [-0.15, -0.1) is 11.8 Å². The third-order valence-corrected chi connectivity index (χ3v) is 3.77. The molecular weight excluding hydrogens is 275 g/mol.